The van der Waals surface area contributed by atoms with Crippen LogP contribution < -0.4 is 0 Å². The molecular weight excluding hydrogens is 190 g/mol. The van der Waals surface area contributed by atoms with Gasteiger partial charge in [0, 0.05) is 18.6 Å². The molecule has 0 aliphatic heterocycles. The van der Waals surface area contributed by atoms with Crippen molar-refractivity contribution in [1.82, 2.24) is 0 Å². The number of carbonyl (C=O) groups excluding carboxylic acids is 1. The van der Waals surface area contributed by atoms with Crippen molar-refractivity contribution in [2.24, 2.45) is 4.99 Å². The molecule has 15 heavy (non-hydrogen) atoms. The maximum Gasteiger partial charge on any atom is 0.133 e. The minimum atomic E-state index is 0.248. The van der Waals surface area contributed by atoms with E-state index in [9.17, 15) is 4.79 Å². The molecule has 1 N–H and O–H groups in total. The fraction of sp³-hybridized carbons (Fsp3) is 0.333. The van der Waals surface area contributed by atoms with Gasteiger partial charge in [-0.25, -0.2) is 0 Å². The van der Waals surface area contributed by atoms with Crippen LogP contribution in [0.15, 0.2) is 29.3 Å². The molecule has 3 nitrogen and oxygen atoms in total. The molecule has 0 radical (unpaired) electrons. The summed E-state index contributed by atoms with van der Waals surface area (Å²) in [6, 6.07) is 6.79. The van der Waals surface area contributed by atoms with E-state index >= 15 is 0 Å². The Morgan fingerprint density at radius 2 is 1.60 bits per heavy atom. The maximum atomic E-state index is 11.0. The lowest BCUT2D eigenvalue weighted by atomic mass is 9.97. The third-order valence-electron chi connectivity index (χ3n) is 2.52. The van der Waals surface area contributed by atoms with E-state index in [1.807, 2.05) is 0 Å². The maximum absolute atomic E-state index is 11.0. The lowest BCUT2D eigenvalue weighted by molar-refractivity contribution is -0.119. The third kappa shape index (κ3) is 2.65. The Hall–Kier alpha value is -1.64. The number of phenolic OH excluding ortho intramolecular Hbond substituents is 1. The number of rotatable bonds is 1. The van der Waals surface area contributed by atoms with Gasteiger partial charge in [0.05, 0.1) is 5.69 Å². The van der Waals surface area contributed by atoms with E-state index in [1.54, 1.807) is 24.3 Å². The number of Topliss-reactive ketones (excluding diaryl/α,β-unsaturated/α-hetero) is 1. The van der Waals surface area contributed by atoms with Gasteiger partial charge in [0.25, 0.3) is 0 Å². The molecule has 2 rings (SSSR count). The summed E-state index contributed by atoms with van der Waals surface area (Å²) in [4.78, 5) is 15.5. The highest BCUT2D eigenvalue weighted by molar-refractivity contribution is 5.96. The first-order valence-electron chi connectivity index (χ1n) is 5.11. The molecule has 1 aromatic rings. The standard InChI is InChI=1S/C12H13NO2/c14-11-5-1-9(2-6-11)13-10-3-7-12(15)8-4-10/h1-2,5-6,14H,3-4,7-8H2. The summed E-state index contributed by atoms with van der Waals surface area (Å²) < 4.78 is 0. The molecule has 0 spiro atoms. The second-order valence-electron chi connectivity index (χ2n) is 3.73. The molecule has 1 aliphatic carbocycles. The van der Waals surface area contributed by atoms with E-state index in [4.69, 9.17) is 5.11 Å². The molecule has 0 atom stereocenters. The molecule has 0 bridgehead atoms. The van der Waals surface area contributed by atoms with Crippen molar-refractivity contribution in [3.63, 3.8) is 0 Å². The second-order valence-corrected chi connectivity index (χ2v) is 3.73. The molecule has 1 aromatic carbocycles. The lowest BCUT2D eigenvalue weighted by Crippen LogP contribution is -2.12. The molecule has 0 saturated heterocycles. The van der Waals surface area contributed by atoms with Gasteiger partial charge in [-0.3, -0.25) is 9.79 Å². The number of carbonyl (C=O) groups is 1. The summed E-state index contributed by atoms with van der Waals surface area (Å²) in [6.07, 6.45) is 2.80. The van der Waals surface area contributed by atoms with Crippen molar-refractivity contribution in [1.29, 1.82) is 0 Å². The van der Waals surface area contributed by atoms with Crippen LogP contribution in [0.1, 0.15) is 25.7 Å². The Bertz CT molecular complexity index is 381. The summed E-state index contributed by atoms with van der Waals surface area (Å²) in [5.74, 6) is 0.581. The Balaban J connectivity index is 2.09. The smallest absolute Gasteiger partial charge is 0.133 e. The fourth-order valence-corrected chi connectivity index (χ4v) is 1.64. The van der Waals surface area contributed by atoms with Crippen LogP contribution in [0.25, 0.3) is 0 Å². The average Bonchev–Trinajstić information content (AvgIpc) is 2.25. The molecule has 1 fully saturated rings. The van der Waals surface area contributed by atoms with Crippen LogP contribution in [0.4, 0.5) is 5.69 Å². The quantitative estimate of drug-likeness (QED) is 0.762. The van der Waals surface area contributed by atoms with Crippen LogP contribution in [0, 0.1) is 0 Å². The Morgan fingerprint density at radius 3 is 2.20 bits per heavy atom. The highest BCUT2D eigenvalue weighted by Gasteiger charge is 2.13. The van der Waals surface area contributed by atoms with E-state index < -0.39 is 0 Å². The van der Waals surface area contributed by atoms with Crippen molar-refractivity contribution < 1.29 is 9.90 Å². The van der Waals surface area contributed by atoms with Gasteiger partial charge in [0.1, 0.15) is 11.5 Å². The number of phenols is 1. The highest BCUT2D eigenvalue weighted by Crippen LogP contribution is 2.20. The number of benzene rings is 1. The van der Waals surface area contributed by atoms with Gasteiger partial charge in [-0.2, -0.15) is 0 Å². The molecule has 1 aliphatic rings. The number of aromatic hydroxyl groups is 1. The predicted molar refractivity (Wildman–Crippen MR) is 58.7 cm³/mol. The highest BCUT2D eigenvalue weighted by atomic mass is 16.3. The third-order valence-corrected chi connectivity index (χ3v) is 2.52. The Morgan fingerprint density at radius 1 is 1.00 bits per heavy atom. The largest absolute Gasteiger partial charge is 0.508 e. The number of nitrogens with zero attached hydrogens (tertiary/aromatic N) is 1. The topological polar surface area (TPSA) is 49.7 Å². The van der Waals surface area contributed by atoms with Crippen LogP contribution in [-0.2, 0) is 4.79 Å². The minimum absolute atomic E-state index is 0.248. The summed E-state index contributed by atoms with van der Waals surface area (Å²) in [7, 11) is 0. The van der Waals surface area contributed by atoms with Gasteiger partial charge in [0.2, 0.25) is 0 Å². The van der Waals surface area contributed by atoms with Crippen molar-refractivity contribution in [2.45, 2.75) is 25.7 Å². The van der Waals surface area contributed by atoms with Gasteiger partial charge in [-0.05, 0) is 37.1 Å². The van der Waals surface area contributed by atoms with Gasteiger partial charge in [0.15, 0.2) is 0 Å². The monoisotopic (exact) mass is 203 g/mol. The summed E-state index contributed by atoms with van der Waals surface area (Å²) >= 11 is 0. The Kier molecular flexibility index (Phi) is 2.81. The molecule has 0 aromatic heterocycles. The van der Waals surface area contributed by atoms with E-state index in [0.29, 0.717) is 18.6 Å². The number of hydrogen-bond acceptors (Lipinski definition) is 3. The van der Waals surface area contributed by atoms with Crippen LogP contribution in [0.2, 0.25) is 0 Å². The van der Waals surface area contributed by atoms with Crippen molar-refractivity contribution >= 4 is 17.2 Å². The first kappa shape index (κ1) is 9.90. The van der Waals surface area contributed by atoms with Crippen molar-refractivity contribution in [3.8, 4) is 5.75 Å². The van der Waals surface area contributed by atoms with Crippen LogP contribution in [0.3, 0.4) is 0 Å². The SMILES string of the molecule is O=C1CCC(=Nc2ccc(O)cc2)CC1. The van der Waals surface area contributed by atoms with E-state index in [1.165, 1.54) is 0 Å². The first-order chi connectivity index (χ1) is 7.24. The normalized spacial score (nSPS) is 16.5. The molecule has 0 heterocycles. The second kappa shape index (κ2) is 4.26. The average molecular weight is 203 g/mol. The van der Waals surface area contributed by atoms with Crippen molar-refractivity contribution in [2.75, 3.05) is 0 Å². The predicted octanol–water partition coefficient (Wildman–Crippen LogP) is 2.61. The summed E-state index contributed by atoms with van der Waals surface area (Å²) in [5.41, 5.74) is 1.93. The summed E-state index contributed by atoms with van der Waals surface area (Å²) in [5, 5.41) is 9.10. The van der Waals surface area contributed by atoms with E-state index in [2.05, 4.69) is 4.99 Å². The molecule has 0 unspecified atom stereocenters. The minimum Gasteiger partial charge on any atom is -0.508 e. The summed E-state index contributed by atoms with van der Waals surface area (Å²) in [6.45, 7) is 0. The van der Waals surface area contributed by atoms with Gasteiger partial charge in [-0.15, -0.1) is 0 Å². The molecule has 0 amide bonds. The van der Waals surface area contributed by atoms with E-state index in [0.717, 1.165) is 24.2 Å². The van der Waals surface area contributed by atoms with Crippen LogP contribution in [-0.4, -0.2) is 16.6 Å². The number of hydrogen-bond donors (Lipinski definition) is 1. The fourth-order valence-electron chi connectivity index (χ4n) is 1.64. The van der Waals surface area contributed by atoms with Gasteiger partial charge < -0.3 is 5.11 Å². The van der Waals surface area contributed by atoms with Gasteiger partial charge in [-0.1, -0.05) is 0 Å². The zero-order chi connectivity index (χ0) is 10.7. The van der Waals surface area contributed by atoms with Crippen LogP contribution in [0.5, 0.6) is 5.75 Å². The number of aliphatic imine (C=N–C) groups is 1. The van der Waals surface area contributed by atoms with Crippen LogP contribution >= 0.6 is 0 Å². The molecule has 78 valence electrons. The zero-order valence-electron chi connectivity index (χ0n) is 8.44. The van der Waals surface area contributed by atoms with Gasteiger partial charge >= 0.3 is 0 Å². The lowest BCUT2D eigenvalue weighted by Gasteiger charge is -2.11. The molecule has 3 heteroatoms. The van der Waals surface area contributed by atoms with Crippen molar-refractivity contribution in [3.05, 3.63) is 24.3 Å². The zero-order valence-corrected chi connectivity index (χ0v) is 8.44. The Labute approximate surface area is 88.5 Å². The molecule has 1 saturated carbocycles. The number of ketones is 1. The first-order valence-corrected chi connectivity index (χ1v) is 5.11. The van der Waals surface area contributed by atoms with E-state index in [-0.39, 0.29) is 5.75 Å². The molecular formula is C12H13NO2.